The van der Waals surface area contributed by atoms with Crippen LogP contribution in [0.2, 0.25) is 0 Å². The van der Waals surface area contributed by atoms with Crippen molar-refractivity contribution in [3.8, 4) is 11.1 Å². The van der Waals surface area contributed by atoms with Gasteiger partial charge in [0.05, 0.1) is 0 Å². The lowest BCUT2D eigenvalue weighted by molar-refractivity contribution is 0.0999. The van der Waals surface area contributed by atoms with Crippen molar-refractivity contribution in [2.24, 2.45) is 5.73 Å². The fourth-order valence-electron chi connectivity index (χ4n) is 2.37. The van der Waals surface area contributed by atoms with E-state index in [2.05, 4.69) is 6.07 Å². The van der Waals surface area contributed by atoms with Gasteiger partial charge >= 0.3 is 0 Å². The standard InChI is InChI=1S/C16H16N2O/c17-13-6-3-10(4-7-13)12-5-8-14(16(18)19)15(9-12)11-1-2-11/h3-9,11H,1-2,17H2,(H2,18,19). The van der Waals surface area contributed by atoms with Crippen LogP contribution in [0.1, 0.15) is 34.7 Å². The average molecular weight is 252 g/mol. The van der Waals surface area contributed by atoms with E-state index in [1.54, 1.807) is 0 Å². The highest BCUT2D eigenvalue weighted by Gasteiger charge is 2.27. The molecule has 3 heteroatoms. The molecule has 19 heavy (non-hydrogen) atoms. The van der Waals surface area contributed by atoms with Crippen LogP contribution in [0.25, 0.3) is 11.1 Å². The zero-order valence-electron chi connectivity index (χ0n) is 10.6. The number of hydrogen-bond acceptors (Lipinski definition) is 2. The smallest absolute Gasteiger partial charge is 0.248 e. The molecule has 96 valence electrons. The molecule has 0 spiro atoms. The van der Waals surface area contributed by atoms with Crippen LogP contribution >= 0.6 is 0 Å². The van der Waals surface area contributed by atoms with E-state index in [0.717, 1.165) is 35.2 Å². The van der Waals surface area contributed by atoms with Crippen LogP contribution in [-0.2, 0) is 0 Å². The Morgan fingerprint density at radius 1 is 1.00 bits per heavy atom. The van der Waals surface area contributed by atoms with Crippen molar-refractivity contribution in [3.05, 3.63) is 53.6 Å². The molecule has 0 aromatic heterocycles. The number of primary amides is 1. The van der Waals surface area contributed by atoms with Crippen LogP contribution < -0.4 is 11.5 Å². The van der Waals surface area contributed by atoms with Crippen molar-refractivity contribution < 1.29 is 4.79 Å². The monoisotopic (exact) mass is 252 g/mol. The summed E-state index contributed by atoms with van der Waals surface area (Å²) in [5.41, 5.74) is 15.8. The van der Waals surface area contributed by atoms with E-state index in [1.165, 1.54) is 0 Å². The van der Waals surface area contributed by atoms with Crippen LogP contribution in [0.5, 0.6) is 0 Å². The SMILES string of the molecule is NC(=O)c1ccc(-c2ccc(N)cc2)cc1C1CC1. The highest BCUT2D eigenvalue weighted by molar-refractivity contribution is 5.95. The zero-order chi connectivity index (χ0) is 13.4. The number of carbonyl (C=O) groups excluding carboxylic acids is 1. The molecule has 1 aliphatic rings. The molecule has 1 saturated carbocycles. The molecule has 0 heterocycles. The second-order valence-electron chi connectivity index (χ2n) is 5.06. The van der Waals surface area contributed by atoms with Crippen molar-refractivity contribution in [3.63, 3.8) is 0 Å². The van der Waals surface area contributed by atoms with Crippen molar-refractivity contribution in [2.75, 3.05) is 5.73 Å². The molecular formula is C16H16N2O. The fraction of sp³-hybridized carbons (Fsp3) is 0.188. The minimum atomic E-state index is -0.342. The van der Waals surface area contributed by atoms with Gasteiger partial charge in [0, 0.05) is 11.3 Å². The summed E-state index contributed by atoms with van der Waals surface area (Å²) in [6, 6.07) is 13.6. The second-order valence-corrected chi connectivity index (χ2v) is 5.06. The lowest BCUT2D eigenvalue weighted by atomic mass is 9.96. The van der Waals surface area contributed by atoms with E-state index in [4.69, 9.17) is 11.5 Å². The number of amides is 1. The Labute approximate surface area is 112 Å². The van der Waals surface area contributed by atoms with Gasteiger partial charge in [0.15, 0.2) is 0 Å². The van der Waals surface area contributed by atoms with Crippen molar-refractivity contribution in [1.29, 1.82) is 0 Å². The van der Waals surface area contributed by atoms with Crippen LogP contribution in [0, 0.1) is 0 Å². The third-order valence-electron chi connectivity index (χ3n) is 3.58. The molecule has 3 nitrogen and oxygen atoms in total. The Hall–Kier alpha value is -2.29. The van der Waals surface area contributed by atoms with Gasteiger partial charge < -0.3 is 11.5 Å². The Balaban J connectivity index is 2.05. The maximum atomic E-state index is 11.5. The third kappa shape index (κ3) is 2.32. The highest BCUT2D eigenvalue weighted by atomic mass is 16.1. The molecule has 3 rings (SSSR count). The Bertz CT molecular complexity index is 628. The molecule has 0 bridgehead atoms. The minimum absolute atomic E-state index is 0.342. The highest BCUT2D eigenvalue weighted by Crippen LogP contribution is 2.42. The number of nitrogen functional groups attached to an aromatic ring is 1. The predicted octanol–water partition coefficient (Wildman–Crippen LogP) is 2.91. The lowest BCUT2D eigenvalue weighted by Crippen LogP contribution is -2.13. The van der Waals surface area contributed by atoms with E-state index in [-0.39, 0.29) is 5.91 Å². The lowest BCUT2D eigenvalue weighted by Gasteiger charge is -2.09. The Kier molecular flexibility index (Phi) is 2.75. The van der Waals surface area contributed by atoms with Gasteiger partial charge in [0.1, 0.15) is 0 Å². The summed E-state index contributed by atoms with van der Waals surface area (Å²) in [5, 5.41) is 0. The van der Waals surface area contributed by atoms with Gasteiger partial charge in [0.25, 0.3) is 0 Å². The molecule has 0 saturated heterocycles. The molecule has 0 atom stereocenters. The number of benzene rings is 2. The van der Waals surface area contributed by atoms with E-state index in [9.17, 15) is 4.79 Å². The third-order valence-corrected chi connectivity index (χ3v) is 3.58. The van der Waals surface area contributed by atoms with Crippen LogP contribution in [0.3, 0.4) is 0 Å². The molecular weight excluding hydrogens is 236 g/mol. The topological polar surface area (TPSA) is 69.1 Å². The van der Waals surface area contributed by atoms with Gasteiger partial charge in [0.2, 0.25) is 5.91 Å². The summed E-state index contributed by atoms with van der Waals surface area (Å²) in [6.45, 7) is 0. The molecule has 1 amide bonds. The van der Waals surface area contributed by atoms with Gasteiger partial charge in [-0.1, -0.05) is 24.3 Å². The van der Waals surface area contributed by atoms with Crippen molar-refractivity contribution in [1.82, 2.24) is 0 Å². The first-order valence-corrected chi connectivity index (χ1v) is 6.45. The first-order chi connectivity index (χ1) is 9.15. The first kappa shape index (κ1) is 11.8. The van der Waals surface area contributed by atoms with Gasteiger partial charge in [-0.15, -0.1) is 0 Å². The molecule has 0 aliphatic heterocycles. The number of anilines is 1. The summed E-state index contributed by atoms with van der Waals surface area (Å²) in [4.78, 5) is 11.5. The van der Waals surface area contributed by atoms with Gasteiger partial charge in [-0.2, -0.15) is 0 Å². The Morgan fingerprint density at radius 3 is 2.21 bits per heavy atom. The van der Waals surface area contributed by atoms with Gasteiger partial charge in [-0.3, -0.25) is 4.79 Å². The number of hydrogen-bond donors (Lipinski definition) is 2. The normalized spacial score (nSPS) is 14.3. The van der Waals surface area contributed by atoms with Crippen molar-refractivity contribution in [2.45, 2.75) is 18.8 Å². The number of nitrogens with two attached hydrogens (primary N) is 2. The summed E-state index contributed by atoms with van der Waals surface area (Å²) in [5.74, 6) is 0.155. The molecule has 0 radical (unpaired) electrons. The van der Waals surface area contributed by atoms with E-state index >= 15 is 0 Å². The van der Waals surface area contributed by atoms with Crippen LogP contribution in [0.4, 0.5) is 5.69 Å². The molecule has 1 aliphatic carbocycles. The second kappa shape index (κ2) is 4.43. The molecule has 4 N–H and O–H groups in total. The summed E-state index contributed by atoms with van der Waals surface area (Å²) in [6.07, 6.45) is 2.29. The van der Waals surface area contributed by atoms with Gasteiger partial charge in [-0.25, -0.2) is 0 Å². The van der Waals surface area contributed by atoms with E-state index in [0.29, 0.717) is 11.5 Å². The maximum Gasteiger partial charge on any atom is 0.248 e. The predicted molar refractivity (Wildman–Crippen MR) is 76.8 cm³/mol. The minimum Gasteiger partial charge on any atom is -0.399 e. The summed E-state index contributed by atoms with van der Waals surface area (Å²) in [7, 11) is 0. The summed E-state index contributed by atoms with van der Waals surface area (Å²) >= 11 is 0. The van der Waals surface area contributed by atoms with Crippen LogP contribution in [0.15, 0.2) is 42.5 Å². The molecule has 1 fully saturated rings. The number of carbonyl (C=O) groups is 1. The number of rotatable bonds is 3. The van der Waals surface area contributed by atoms with E-state index < -0.39 is 0 Å². The summed E-state index contributed by atoms with van der Waals surface area (Å²) < 4.78 is 0. The van der Waals surface area contributed by atoms with Crippen molar-refractivity contribution >= 4 is 11.6 Å². The zero-order valence-corrected chi connectivity index (χ0v) is 10.6. The first-order valence-electron chi connectivity index (χ1n) is 6.45. The fourth-order valence-corrected chi connectivity index (χ4v) is 2.37. The molecule has 0 unspecified atom stereocenters. The van der Waals surface area contributed by atoms with Gasteiger partial charge in [-0.05, 0) is 53.6 Å². The maximum absolute atomic E-state index is 11.5. The van der Waals surface area contributed by atoms with E-state index in [1.807, 2.05) is 36.4 Å². The molecule has 2 aromatic rings. The largest absolute Gasteiger partial charge is 0.399 e. The molecule has 2 aromatic carbocycles. The van der Waals surface area contributed by atoms with Crippen LogP contribution in [-0.4, -0.2) is 5.91 Å². The Morgan fingerprint density at radius 2 is 1.63 bits per heavy atom. The average Bonchev–Trinajstić information content (AvgIpc) is 3.23. The quantitative estimate of drug-likeness (QED) is 0.825.